The van der Waals surface area contributed by atoms with E-state index in [1.807, 2.05) is 0 Å². The molecule has 178 valence electrons. The lowest BCUT2D eigenvalue weighted by Gasteiger charge is -2.43. The molecule has 2 unspecified atom stereocenters. The van der Waals surface area contributed by atoms with E-state index >= 15 is 0 Å². The van der Waals surface area contributed by atoms with Crippen LogP contribution in [0.25, 0.3) is 0 Å². The third-order valence-corrected chi connectivity index (χ3v) is 3.54. The molecule has 0 saturated carbocycles. The van der Waals surface area contributed by atoms with E-state index in [1.165, 1.54) is 0 Å². The first kappa shape index (κ1) is 28.2. The zero-order chi connectivity index (χ0) is 24.8. The smallest absolute Gasteiger partial charge is 0.395 e. The molecule has 0 amide bonds. The van der Waals surface area contributed by atoms with Crippen LogP contribution in [0.5, 0.6) is 0 Å². The van der Waals surface area contributed by atoms with Crippen LogP contribution < -0.4 is 0 Å². The average molecular weight is 482 g/mol. The standard InChI is InChI=1S/C13H9F15O2/c1-3-6(29)30-13(27,28)7(2,15)10(21,22)12(25,26)11(23,24)9(19,20)5(14)4-8(16,17)18/h3,5H,1,4H2,2H3. The Labute approximate surface area is 156 Å². The van der Waals surface area contributed by atoms with Crippen molar-refractivity contribution < 1.29 is 75.4 Å². The largest absolute Gasteiger partial charge is 0.441 e. The summed E-state index contributed by atoms with van der Waals surface area (Å²) in [4.78, 5) is 10.6. The van der Waals surface area contributed by atoms with Gasteiger partial charge in [-0.3, -0.25) is 0 Å². The quantitative estimate of drug-likeness (QED) is 0.234. The molecule has 0 rings (SSSR count). The SMILES string of the molecule is C=CC(=O)OC(F)(F)C(C)(F)C(F)(F)C(F)(F)C(F)(F)C(F)(F)C(F)CC(F)(F)F. The molecule has 0 radical (unpaired) electrons. The monoisotopic (exact) mass is 482 g/mol. The van der Waals surface area contributed by atoms with Gasteiger partial charge in [0, 0.05) is 6.08 Å². The summed E-state index contributed by atoms with van der Waals surface area (Å²) in [7, 11) is 0. The molecule has 0 bridgehead atoms. The van der Waals surface area contributed by atoms with E-state index in [1.54, 1.807) is 0 Å². The third kappa shape index (κ3) is 4.43. The summed E-state index contributed by atoms with van der Waals surface area (Å²) in [6.45, 7) is 1.18. The molecular formula is C13H9F15O2. The molecule has 0 aromatic rings. The van der Waals surface area contributed by atoms with Crippen LogP contribution in [0.15, 0.2) is 12.7 Å². The maximum Gasteiger partial charge on any atom is 0.441 e. The second-order valence-corrected chi connectivity index (χ2v) is 5.78. The van der Waals surface area contributed by atoms with Gasteiger partial charge in [-0.25, -0.2) is 13.6 Å². The molecule has 30 heavy (non-hydrogen) atoms. The van der Waals surface area contributed by atoms with Crippen molar-refractivity contribution in [2.75, 3.05) is 0 Å². The molecule has 0 aromatic heterocycles. The number of hydrogen-bond donors (Lipinski definition) is 0. The molecule has 0 fully saturated rings. The lowest BCUT2D eigenvalue weighted by molar-refractivity contribution is -0.425. The van der Waals surface area contributed by atoms with E-state index in [0.717, 1.165) is 0 Å². The molecule has 17 heteroatoms. The van der Waals surface area contributed by atoms with Crippen molar-refractivity contribution in [2.24, 2.45) is 0 Å². The maximum atomic E-state index is 13.9. The summed E-state index contributed by atoms with van der Waals surface area (Å²) in [5.41, 5.74) is -6.36. The highest BCUT2D eigenvalue weighted by Gasteiger charge is 2.89. The predicted molar refractivity (Wildman–Crippen MR) is 66.1 cm³/mol. The van der Waals surface area contributed by atoms with E-state index in [-0.39, 0.29) is 6.08 Å². The van der Waals surface area contributed by atoms with Crippen molar-refractivity contribution in [3.8, 4) is 0 Å². The first-order valence-corrected chi connectivity index (χ1v) is 6.97. The van der Waals surface area contributed by atoms with Crippen LogP contribution in [0.3, 0.4) is 0 Å². The Kier molecular flexibility index (Phi) is 7.22. The summed E-state index contributed by atoms with van der Waals surface area (Å²) in [6, 6.07) is 0. The van der Waals surface area contributed by atoms with Gasteiger partial charge in [0.15, 0.2) is 6.17 Å². The van der Waals surface area contributed by atoms with Gasteiger partial charge in [0.2, 0.25) is 0 Å². The maximum absolute atomic E-state index is 13.9. The Morgan fingerprint density at radius 3 is 1.57 bits per heavy atom. The number of hydrogen-bond acceptors (Lipinski definition) is 2. The Hall–Kier alpha value is -1.84. The second kappa shape index (κ2) is 7.69. The van der Waals surface area contributed by atoms with Crippen molar-refractivity contribution in [1.82, 2.24) is 0 Å². The van der Waals surface area contributed by atoms with Crippen LogP contribution in [0, 0.1) is 0 Å². The minimum Gasteiger partial charge on any atom is -0.395 e. The van der Waals surface area contributed by atoms with Crippen LogP contribution in [-0.4, -0.2) is 53.8 Å². The Bertz CT molecular complexity index is 649. The molecule has 2 atom stereocenters. The molecule has 0 aromatic carbocycles. The van der Waals surface area contributed by atoms with Crippen LogP contribution >= 0.6 is 0 Å². The molecular weight excluding hydrogens is 473 g/mol. The van der Waals surface area contributed by atoms with Crippen LogP contribution in [-0.2, 0) is 9.53 Å². The van der Waals surface area contributed by atoms with Crippen LogP contribution in [0.1, 0.15) is 13.3 Å². The fraction of sp³-hybridized carbons (Fsp3) is 0.769. The van der Waals surface area contributed by atoms with Crippen molar-refractivity contribution in [2.45, 2.75) is 61.2 Å². The van der Waals surface area contributed by atoms with Gasteiger partial charge in [-0.05, 0) is 6.92 Å². The molecule has 0 aliphatic heterocycles. The van der Waals surface area contributed by atoms with Gasteiger partial charge in [0.05, 0.1) is 6.42 Å². The molecule has 0 aliphatic rings. The number of ether oxygens (including phenoxy) is 1. The Morgan fingerprint density at radius 1 is 0.833 bits per heavy atom. The Morgan fingerprint density at radius 2 is 1.23 bits per heavy atom. The molecule has 0 N–H and O–H groups in total. The van der Waals surface area contributed by atoms with Gasteiger partial charge in [0.1, 0.15) is 0 Å². The first-order chi connectivity index (χ1) is 12.8. The molecule has 0 spiro atoms. The number of carbonyl (C=O) groups is 1. The van der Waals surface area contributed by atoms with E-state index in [2.05, 4.69) is 11.3 Å². The fourth-order valence-corrected chi connectivity index (χ4v) is 1.68. The highest BCUT2D eigenvalue weighted by Crippen LogP contribution is 2.60. The fourth-order valence-electron chi connectivity index (χ4n) is 1.68. The number of carbonyl (C=O) groups excluding carboxylic acids is 1. The highest BCUT2D eigenvalue weighted by molar-refractivity contribution is 5.81. The van der Waals surface area contributed by atoms with Crippen LogP contribution in [0.2, 0.25) is 0 Å². The van der Waals surface area contributed by atoms with E-state index < -0.39 is 67.1 Å². The van der Waals surface area contributed by atoms with Crippen molar-refractivity contribution in [3.63, 3.8) is 0 Å². The lowest BCUT2D eigenvalue weighted by atomic mass is 9.86. The summed E-state index contributed by atoms with van der Waals surface area (Å²) in [5, 5.41) is 0. The molecule has 0 saturated heterocycles. The van der Waals surface area contributed by atoms with Crippen molar-refractivity contribution in [3.05, 3.63) is 12.7 Å². The zero-order valence-electron chi connectivity index (χ0n) is 14.1. The molecule has 2 nitrogen and oxygen atoms in total. The molecule has 0 heterocycles. The van der Waals surface area contributed by atoms with Gasteiger partial charge in [0.25, 0.3) is 5.67 Å². The van der Waals surface area contributed by atoms with Crippen LogP contribution in [0.4, 0.5) is 65.9 Å². The summed E-state index contributed by atoms with van der Waals surface area (Å²) in [6.07, 6.45) is -21.4. The zero-order valence-corrected chi connectivity index (χ0v) is 14.1. The van der Waals surface area contributed by atoms with Crippen molar-refractivity contribution in [1.29, 1.82) is 0 Å². The lowest BCUT2D eigenvalue weighted by Crippen LogP contribution is -2.72. The topological polar surface area (TPSA) is 26.3 Å². The average Bonchev–Trinajstić information content (AvgIpc) is 2.51. The number of halogens is 15. The highest BCUT2D eigenvalue weighted by atomic mass is 19.4. The van der Waals surface area contributed by atoms with E-state index in [0.29, 0.717) is 0 Å². The van der Waals surface area contributed by atoms with E-state index in [4.69, 9.17) is 0 Å². The summed E-state index contributed by atoms with van der Waals surface area (Å²) >= 11 is 0. The van der Waals surface area contributed by atoms with Gasteiger partial charge in [-0.2, -0.15) is 57.1 Å². The minimum absolute atomic E-state index is 0.242. The third-order valence-electron chi connectivity index (χ3n) is 3.54. The number of rotatable bonds is 9. The number of esters is 1. The van der Waals surface area contributed by atoms with E-state index in [9.17, 15) is 70.7 Å². The van der Waals surface area contributed by atoms with Gasteiger partial charge in [-0.1, -0.05) is 6.58 Å². The van der Waals surface area contributed by atoms with Gasteiger partial charge < -0.3 is 4.74 Å². The summed E-state index contributed by atoms with van der Waals surface area (Å²) < 4.78 is 200. The normalized spacial score (nSPS) is 17.9. The summed E-state index contributed by atoms with van der Waals surface area (Å²) in [5.74, 6) is -33.1. The molecule has 0 aliphatic carbocycles. The number of alkyl halides is 15. The Balaban J connectivity index is 6.40. The van der Waals surface area contributed by atoms with Gasteiger partial charge >= 0.3 is 41.9 Å². The minimum atomic E-state index is -7.94. The second-order valence-electron chi connectivity index (χ2n) is 5.78. The van der Waals surface area contributed by atoms with Gasteiger partial charge in [-0.15, -0.1) is 0 Å². The van der Waals surface area contributed by atoms with Crippen molar-refractivity contribution >= 4 is 5.97 Å². The predicted octanol–water partition coefficient (Wildman–Crippen LogP) is 5.87. The first-order valence-electron chi connectivity index (χ1n) is 6.97.